The number of halogens is 3. The van der Waals surface area contributed by atoms with Gasteiger partial charge in [-0.25, -0.2) is 9.78 Å². The molecule has 4 nitrogen and oxygen atoms in total. The first kappa shape index (κ1) is 22.6. The summed E-state index contributed by atoms with van der Waals surface area (Å²) in [7, 11) is 1.32. The predicted octanol–water partition coefficient (Wildman–Crippen LogP) is 5.95. The van der Waals surface area contributed by atoms with Crippen LogP contribution < -0.4 is 4.74 Å². The van der Waals surface area contributed by atoms with Crippen molar-refractivity contribution in [3.63, 3.8) is 0 Å². The SMILES string of the molecule is COC(=O)C=Cc1ccc(OCCc2sc(-c3ccc(C(F)(F)F)cc3)nc2C)cc1. The van der Waals surface area contributed by atoms with E-state index in [1.54, 1.807) is 6.08 Å². The summed E-state index contributed by atoms with van der Waals surface area (Å²) in [5, 5.41) is 0.683. The van der Waals surface area contributed by atoms with Crippen molar-refractivity contribution in [3.05, 3.63) is 76.3 Å². The van der Waals surface area contributed by atoms with Gasteiger partial charge in [0.1, 0.15) is 10.8 Å². The molecule has 162 valence electrons. The molecule has 3 rings (SSSR count). The second-order valence-corrected chi connectivity index (χ2v) is 7.71. The zero-order valence-electron chi connectivity index (χ0n) is 16.9. The first-order valence-electron chi connectivity index (χ1n) is 9.39. The molecule has 31 heavy (non-hydrogen) atoms. The molecule has 0 radical (unpaired) electrons. The zero-order chi connectivity index (χ0) is 22.4. The molecule has 1 heterocycles. The number of nitrogens with zero attached hydrogens (tertiary/aromatic N) is 1. The fourth-order valence-corrected chi connectivity index (χ4v) is 3.80. The number of esters is 1. The van der Waals surface area contributed by atoms with E-state index in [-0.39, 0.29) is 0 Å². The maximum atomic E-state index is 12.7. The molecule has 0 spiro atoms. The van der Waals surface area contributed by atoms with Crippen LogP contribution in [0.2, 0.25) is 0 Å². The van der Waals surface area contributed by atoms with Crippen molar-refractivity contribution in [2.45, 2.75) is 19.5 Å². The molecule has 0 atom stereocenters. The highest BCUT2D eigenvalue weighted by atomic mass is 32.1. The van der Waals surface area contributed by atoms with Crippen LogP contribution in [0.5, 0.6) is 5.75 Å². The van der Waals surface area contributed by atoms with Gasteiger partial charge >= 0.3 is 12.1 Å². The van der Waals surface area contributed by atoms with Crippen molar-refractivity contribution in [1.29, 1.82) is 0 Å². The number of rotatable bonds is 7. The average molecular weight is 447 g/mol. The Kier molecular flexibility index (Phi) is 7.12. The van der Waals surface area contributed by atoms with Crippen molar-refractivity contribution in [1.82, 2.24) is 4.98 Å². The van der Waals surface area contributed by atoms with Crippen LogP contribution in [-0.2, 0) is 22.1 Å². The van der Waals surface area contributed by atoms with Gasteiger partial charge in [0.2, 0.25) is 0 Å². The number of benzene rings is 2. The van der Waals surface area contributed by atoms with Gasteiger partial charge in [0.25, 0.3) is 0 Å². The lowest BCUT2D eigenvalue weighted by molar-refractivity contribution is -0.137. The van der Waals surface area contributed by atoms with Crippen molar-refractivity contribution in [2.24, 2.45) is 0 Å². The predicted molar refractivity (Wildman–Crippen MR) is 114 cm³/mol. The molecule has 0 saturated carbocycles. The third kappa shape index (κ3) is 6.18. The average Bonchev–Trinajstić information content (AvgIpc) is 3.13. The van der Waals surface area contributed by atoms with E-state index in [2.05, 4.69) is 9.72 Å². The fraction of sp³-hybridized carbons (Fsp3) is 0.217. The van der Waals surface area contributed by atoms with Crippen LogP contribution in [0.3, 0.4) is 0 Å². The van der Waals surface area contributed by atoms with E-state index >= 15 is 0 Å². The molecule has 0 N–H and O–H groups in total. The van der Waals surface area contributed by atoms with E-state index in [1.807, 2.05) is 31.2 Å². The Morgan fingerprint density at radius 3 is 2.39 bits per heavy atom. The van der Waals surface area contributed by atoms with Crippen LogP contribution in [0.25, 0.3) is 16.6 Å². The fourth-order valence-electron chi connectivity index (χ4n) is 2.75. The molecule has 1 aromatic heterocycles. The lowest BCUT2D eigenvalue weighted by Crippen LogP contribution is -2.03. The number of hydrogen-bond acceptors (Lipinski definition) is 5. The van der Waals surface area contributed by atoms with Crippen LogP contribution in [0.1, 0.15) is 21.7 Å². The van der Waals surface area contributed by atoms with E-state index in [0.29, 0.717) is 29.3 Å². The summed E-state index contributed by atoms with van der Waals surface area (Å²) in [5.41, 5.74) is 1.66. The molecule has 0 aliphatic heterocycles. The number of methoxy groups -OCH3 is 1. The first-order valence-corrected chi connectivity index (χ1v) is 10.2. The summed E-state index contributed by atoms with van der Waals surface area (Å²) in [5.74, 6) is 0.274. The Morgan fingerprint density at radius 1 is 1.10 bits per heavy atom. The number of ether oxygens (including phenoxy) is 2. The van der Waals surface area contributed by atoms with Crippen molar-refractivity contribution in [3.8, 4) is 16.3 Å². The summed E-state index contributed by atoms with van der Waals surface area (Å²) in [4.78, 5) is 16.6. The van der Waals surface area contributed by atoms with Crippen LogP contribution in [0.15, 0.2) is 54.6 Å². The Morgan fingerprint density at radius 2 is 1.77 bits per heavy atom. The van der Waals surface area contributed by atoms with Crippen LogP contribution in [-0.4, -0.2) is 24.7 Å². The Labute approximate surface area is 182 Å². The molecular weight excluding hydrogens is 427 g/mol. The molecule has 0 aliphatic rings. The molecule has 0 saturated heterocycles. The highest BCUT2D eigenvalue weighted by molar-refractivity contribution is 7.15. The molecule has 0 bridgehead atoms. The Bertz CT molecular complexity index is 1060. The standard InChI is InChI=1S/C23H20F3NO3S/c1-15-20(31-22(27-15)17-6-8-18(9-7-17)23(24,25)26)13-14-30-19-10-3-16(4-11-19)5-12-21(28)29-2/h3-12H,13-14H2,1-2H3. The van der Waals surface area contributed by atoms with Gasteiger partial charge in [0, 0.05) is 22.9 Å². The second kappa shape index (κ2) is 9.78. The van der Waals surface area contributed by atoms with E-state index in [1.165, 1.54) is 36.7 Å². The lowest BCUT2D eigenvalue weighted by Gasteiger charge is -2.06. The molecular formula is C23H20F3NO3S. The maximum absolute atomic E-state index is 12.7. The molecule has 2 aromatic carbocycles. The van der Waals surface area contributed by atoms with Gasteiger partial charge in [-0.05, 0) is 42.8 Å². The van der Waals surface area contributed by atoms with E-state index < -0.39 is 17.7 Å². The zero-order valence-corrected chi connectivity index (χ0v) is 17.7. The summed E-state index contributed by atoms with van der Waals surface area (Å²) in [6.07, 6.45) is -0.723. The van der Waals surface area contributed by atoms with Gasteiger partial charge in [0.15, 0.2) is 0 Å². The minimum Gasteiger partial charge on any atom is -0.493 e. The largest absolute Gasteiger partial charge is 0.493 e. The summed E-state index contributed by atoms with van der Waals surface area (Å²) < 4.78 is 48.5. The summed E-state index contributed by atoms with van der Waals surface area (Å²) >= 11 is 1.45. The number of carbonyl (C=O) groups is 1. The number of aromatic nitrogens is 1. The third-order valence-electron chi connectivity index (χ3n) is 4.44. The number of aryl methyl sites for hydroxylation is 1. The lowest BCUT2D eigenvalue weighted by atomic mass is 10.1. The minimum absolute atomic E-state index is 0.420. The molecule has 0 amide bonds. The minimum atomic E-state index is -4.35. The van der Waals surface area contributed by atoms with Gasteiger partial charge in [-0.1, -0.05) is 24.3 Å². The molecule has 0 unspecified atom stereocenters. The van der Waals surface area contributed by atoms with E-state index in [0.717, 1.165) is 28.3 Å². The van der Waals surface area contributed by atoms with Gasteiger partial charge in [-0.15, -0.1) is 11.3 Å². The topological polar surface area (TPSA) is 48.4 Å². The molecule has 3 aromatic rings. The third-order valence-corrected chi connectivity index (χ3v) is 5.71. The molecule has 0 aliphatic carbocycles. The normalized spacial score (nSPS) is 11.6. The molecule has 8 heteroatoms. The Hall–Kier alpha value is -3.13. The van der Waals surface area contributed by atoms with Gasteiger partial charge < -0.3 is 9.47 Å². The molecule has 0 fully saturated rings. The number of hydrogen-bond donors (Lipinski definition) is 0. The quantitative estimate of drug-likeness (QED) is 0.332. The maximum Gasteiger partial charge on any atom is 0.416 e. The van der Waals surface area contributed by atoms with Crippen molar-refractivity contribution >= 4 is 23.4 Å². The Balaban J connectivity index is 1.57. The highest BCUT2D eigenvalue weighted by Crippen LogP contribution is 2.33. The van der Waals surface area contributed by atoms with E-state index in [9.17, 15) is 18.0 Å². The number of carbonyl (C=O) groups excluding carboxylic acids is 1. The van der Waals surface area contributed by atoms with Gasteiger partial charge in [-0.2, -0.15) is 13.2 Å². The van der Waals surface area contributed by atoms with Crippen molar-refractivity contribution in [2.75, 3.05) is 13.7 Å². The van der Waals surface area contributed by atoms with Gasteiger partial charge in [0.05, 0.1) is 25.0 Å². The number of thiazole rings is 1. The van der Waals surface area contributed by atoms with Crippen molar-refractivity contribution < 1.29 is 27.4 Å². The van der Waals surface area contributed by atoms with Crippen LogP contribution >= 0.6 is 11.3 Å². The van der Waals surface area contributed by atoms with Gasteiger partial charge in [-0.3, -0.25) is 0 Å². The first-order chi connectivity index (χ1) is 14.8. The van der Waals surface area contributed by atoms with Crippen LogP contribution in [0, 0.1) is 6.92 Å². The summed E-state index contributed by atoms with van der Waals surface area (Å²) in [6, 6.07) is 12.3. The smallest absolute Gasteiger partial charge is 0.416 e. The second-order valence-electron chi connectivity index (χ2n) is 6.63. The van der Waals surface area contributed by atoms with E-state index in [4.69, 9.17) is 4.74 Å². The monoisotopic (exact) mass is 447 g/mol. The van der Waals surface area contributed by atoms with Crippen LogP contribution in [0.4, 0.5) is 13.2 Å². The number of alkyl halides is 3. The highest BCUT2D eigenvalue weighted by Gasteiger charge is 2.30. The summed E-state index contributed by atoms with van der Waals surface area (Å²) in [6.45, 7) is 2.31.